The van der Waals surface area contributed by atoms with Crippen LogP contribution in [0.5, 0.6) is 17.2 Å². The van der Waals surface area contributed by atoms with Gasteiger partial charge in [0.2, 0.25) is 0 Å². The van der Waals surface area contributed by atoms with Crippen LogP contribution in [0.3, 0.4) is 0 Å². The molecule has 10 heteroatoms. The number of methoxy groups -OCH3 is 1. The molecule has 0 aromatic heterocycles. The molecule has 1 N–H and O–H groups in total. The predicted octanol–water partition coefficient (Wildman–Crippen LogP) is 7.19. The average molecular weight is 619 g/mol. The van der Waals surface area contributed by atoms with E-state index in [1.165, 1.54) is 4.90 Å². The first-order chi connectivity index (χ1) is 18.1. The minimum Gasteiger partial charge on any atom is -0.496 e. The first-order valence-electron chi connectivity index (χ1n) is 11.7. The van der Waals surface area contributed by atoms with Crippen molar-refractivity contribution in [3.8, 4) is 17.2 Å². The SMILES string of the molecule is COc1ccccc1CN1C(=O)NC(c2ccc(Br)cc2Oc2ccc(Cl)c(Cl)c2)C(C(=O)N(C)C)=C1C. The molecule has 0 aliphatic carbocycles. The largest absolute Gasteiger partial charge is 0.496 e. The van der Waals surface area contributed by atoms with E-state index in [2.05, 4.69) is 21.2 Å². The molecule has 3 amide bonds. The highest BCUT2D eigenvalue weighted by Crippen LogP contribution is 2.40. The monoisotopic (exact) mass is 617 g/mol. The number of nitrogens with zero attached hydrogens (tertiary/aromatic N) is 2. The molecule has 3 aromatic carbocycles. The molecule has 1 aliphatic heterocycles. The lowest BCUT2D eigenvalue weighted by atomic mass is 9.93. The summed E-state index contributed by atoms with van der Waals surface area (Å²) in [6.45, 7) is 2.00. The number of nitrogens with one attached hydrogen (secondary N) is 1. The molecule has 38 heavy (non-hydrogen) atoms. The minimum absolute atomic E-state index is 0.228. The molecule has 0 fully saturated rings. The van der Waals surface area contributed by atoms with E-state index in [9.17, 15) is 9.59 Å². The molecule has 0 bridgehead atoms. The zero-order chi connectivity index (χ0) is 27.6. The first kappa shape index (κ1) is 27.8. The fraction of sp³-hybridized carbons (Fsp3) is 0.214. The van der Waals surface area contributed by atoms with Crippen LogP contribution in [-0.2, 0) is 11.3 Å². The van der Waals surface area contributed by atoms with Gasteiger partial charge < -0.3 is 19.7 Å². The predicted molar refractivity (Wildman–Crippen MR) is 152 cm³/mol. The lowest BCUT2D eigenvalue weighted by molar-refractivity contribution is -0.125. The summed E-state index contributed by atoms with van der Waals surface area (Å²) < 4.78 is 12.4. The van der Waals surface area contributed by atoms with Gasteiger partial charge in [0.25, 0.3) is 5.91 Å². The molecule has 0 saturated carbocycles. The number of carbonyl (C=O) groups is 2. The Morgan fingerprint density at radius 2 is 1.79 bits per heavy atom. The maximum absolute atomic E-state index is 13.5. The standard InChI is InChI=1S/C28H26BrCl2N3O4/c1-16-25(27(35)33(2)3)26(32-28(36)34(16)15-17-7-5-6-8-23(17)37-4)20-11-9-18(29)13-24(20)38-19-10-12-21(30)22(31)14-19/h5-14,26H,15H2,1-4H3,(H,32,36). The Morgan fingerprint density at radius 1 is 1.05 bits per heavy atom. The molecule has 1 atom stereocenters. The Labute approximate surface area is 240 Å². The van der Waals surface area contributed by atoms with Gasteiger partial charge in [0, 0.05) is 41.5 Å². The van der Waals surface area contributed by atoms with Gasteiger partial charge in [0.15, 0.2) is 0 Å². The van der Waals surface area contributed by atoms with Gasteiger partial charge in [0.05, 0.1) is 35.3 Å². The highest BCUT2D eigenvalue weighted by molar-refractivity contribution is 9.10. The van der Waals surface area contributed by atoms with Gasteiger partial charge >= 0.3 is 6.03 Å². The molecule has 0 saturated heterocycles. The summed E-state index contributed by atoms with van der Waals surface area (Å²) in [5.41, 5.74) is 2.37. The number of likely N-dealkylation sites (N-methyl/N-ethyl adjacent to an activating group) is 1. The van der Waals surface area contributed by atoms with Crippen LogP contribution in [-0.4, -0.2) is 42.9 Å². The van der Waals surface area contributed by atoms with E-state index in [0.29, 0.717) is 44.1 Å². The molecule has 0 spiro atoms. The zero-order valence-corrected chi connectivity index (χ0v) is 24.3. The van der Waals surface area contributed by atoms with Gasteiger partial charge in [-0.15, -0.1) is 0 Å². The summed E-state index contributed by atoms with van der Waals surface area (Å²) in [6, 6.07) is 16.7. The Balaban J connectivity index is 1.80. The third kappa shape index (κ3) is 5.77. The van der Waals surface area contributed by atoms with Crippen molar-refractivity contribution in [2.24, 2.45) is 0 Å². The lowest BCUT2D eigenvalue weighted by Crippen LogP contribution is -2.48. The smallest absolute Gasteiger partial charge is 0.322 e. The molecule has 1 unspecified atom stereocenters. The van der Waals surface area contributed by atoms with Crippen molar-refractivity contribution in [2.45, 2.75) is 19.5 Å². The maximum atomic E-state index is 13.5. The molecule has 1 heterocycles. The molecule has 1 aliphatic rings. The highest BCUT2D eigenvalue weighted by Gasteiger charge is 2.38. The number of rotatable bonds is 7. The Kier molecular flexibility index (Phi) is 8.55. The topological polar surface area (TPSA) is 71.1 Å². The number of urea groups is 1. The number of allylic oxidation sites excluding steroid dienone is 1. The van der Waals surface area contributed by atoms with Crippen LogP contribution in [0.25, 0.3) is 0 Å². The third-order valence-electron chi connectivity index (χ3n) is 6.16. The fourth-order valence-electron chi connectivity index (χ4n) is 4.23. The zero-order valence-electron chi connectivity index (χ0n) is 21.2. The molecule has 0 radical (unpaired) electrons. The van der Waals surface area contributed by atoms with E-state index >= 15 is 0 Å². The number of hydrogen-bond donors (Lipinski definition) is 1. The summed E-state index contributed by atoms with van der Waals surface area (Å²) in [7, 11) is 4.93. The van der Waals surface area contributed by atoms with E-state index in [-0.39, 0.29) is 18.5 Å². The van der Waals surface area contributed by atoms with Crippen LogP contribution in [0, 0.1) is 0 Å². The van der Waals surface area contributed by atoms with Crippen LogP contribution < -0.4 is 14.8 Å². The van der Waals surface area contributed by atoms with E-state index in [1.807, 2.05) is 36.4 Å². The Bertz CT molecular complexity index is 1430. The van der Waals surface area contributed by atoms with Crippen molar-refractivity contribution in [2.75, 3.05) is 21.2 Å². The van der Waals surface area contributed by atoms with E-state index in [0.717, 1.165) is 10.0 Å². The minimum atomic E-state index is -0.766. The molecular formula is C28H26BrCl2N3O4. The van der Waals surface area contributed by atoms with Gasteiger partial charge in [0.1, 0.15) is 17.2 Å². The van der Waals surface area contributed by atoms with Gasteiger partial charge in [-0.25, -0.2) is 4.79 Å². The van der Waals surface area contributed by atoms with Gasteiger partial charge in [-0.1, -0.05) is 63.4 Å². The van der Waals surface area contributed by atoms with E-state index in [4.69, 9.17) is 32.7 Å². The van der Waals surface area contributed by atoms with Gasteiger partial charge in [-0.3, -0.25) is 9.69 Å². The molecular weight excluding hydrogens is 593 g/mol. The van der Waals surface area contributed by atoms with Crippen LogP contribution in [0.15, 0.2) is 76.4 Å². The number of halogens is 3. The molecule has 4 rings (SSSR count). The highest BCUT2D eigenvalue weighted by atomic mass is 79.9. The summed E-state index contributed by atoms with van der Waals surface area (Å²) in [5.74, 6) is 1.32. The molecule has 3 aromatic rings. The third-order valence-corrected chi connectivity index (χ3v) is 7.39. The number of para-hydroxylation sites is 1. The van der Waals surface area contributed by atoms with Crippen molar-refractivity contribution in [3.63, 3.8) is 0 Å². The number of ether oxygens (including phenoxy) is 2. The van der Waals surface area contributed by atoms with E-state index in [1.54, 1.807) is 57.3 Å². The second-order valence-electron chi connectivity index (χ2n) is 8.84. The van der Waals surface area contributed by atoms with Crippen molar-refractivity contribution >= 4 is 51.1 Å². The number of amides is 3. The van der Waals surface area contributed by atoms with Gasteiger partial charge in [-0.2, -0.15) is 0 Å². The number of carbonyl (C=O) groups excluding carboxylic acids is 2. The Morgan fingerprint density at radius 3 is 2.47 bits per heavy atom. The van der Waals surface area contributed by atoms with Crippen molar-refractivity contribution < 1.29 is 19.1 Å². The van der Waals surface area contributed by atoms with Crippen LogP contribution in [0.2, 0.25) is 10.0 Å². The molecule has 198 valence electrons. The molecule has 7 nitrogen and oxygen atoms in total. The Hall–Kier alpha value is -3.20. The average Bonchev–Trinajstić information content (AvgIpc) is 2.88. The number of benzene rings is 3. The number of hydrogen-bond acceptors (Lipinski definition) is 4. The van der Waals surface area contributed by atoms with Crippen LogP contribution in [0.4, 0.5) is 4.79 Å². The lowest BCUT2D eigenvalue weighted by Gasteiger charge is -2.37. The van der Waals surface area contributed by atoms with Crippen LogP contribution in [0.1, 0.15) is 24.1 Å². The van der Waals surface area contributed by atoms with E-state index < -0.39 is 6.04 Å². The second kappa shape index (κ2) is 11.7. The van der Waals surface area contributed by atoms with Gasteiger partial charge in [-0.05, 0) is 37.3 Å². The summed E-state index contributed by atoms with van der Waals surface area (Å²) in [5, 5.41) is 3.77. The first-order valence-corrected chi connectivity index (χ1v) is 13.2. The quantitative estimate of drug-likeness (QED) is 0.304. The maximum Gasteiger partial charge on any atom is 0.322 e. The van der Waals surface area contributed by atoms with Crippen molar-refractivity contribution in [3.05, 3.63) is 97.6 Å². The van der Waals surface area contributed by atoms with Crippen molar-refractivity contribution in [1.82, 2.24) is 15.1 Å². The summed E-state index contributed by atoms with van der Waals surface area (Å²) in [4.78, 5) is 30.0. The normalized spacial score (nSPS) is 15.3. The summed E-state index contributed by atoms with van der Waals surface area (Å²) >= 11 is 15.7. The fourth-order valence-corrected chi connectivity index (χ4v) is 4.86. The second-order valence-corrected chi connectivity index (χ2v) is 10.6. The summed E-state index contributed by atoms with van der Waals surface area (Å²) in [6.07, 6.45) is 0. The van der Waals surface area contributed by atoms with Crippen molar-refractivity contribution in [1.29, 1.82) is 0 Å². The van der Waals surface area contributed by atoms with Crippen LogP contribution >= 0.6 is 39.1 Å².